The topological polar surface area (TPSA) is 101 Å². The van der Waals surface area contributed by atoms with Crippen molar-refractivity contribution in [1.82, 2.24) is 9.97 Å². The summed E-state index contributed by atoms with van der Waals surface area (Å²) in [4.78, 5) is 30.7. The third-order valence-electron chi connectivity index (χ3n) is 3.09. The van der Waals surface area contributed by atoms with Gasteiger partial charge in [-0.15, -0.1) is 0 Å². The van der Waals surface area contributed by atoms with Crippen LogP contribution in [0.4, 0.5) is 5.69 Å². The number of amides is 2. The summed E-state index contributed by atoms with van der Waals surface area (Å²) in [5.74, 6) is -0.973. The number of carbonyl (C=O) groups excluding carboxylic acids is 2. The minimum Gasteiger partial charge on any atom is -0.364 e. The fraction of sp³-hybridized carbons (Fsp3) is 0. The van der Waals surface area contributed by atoms with Gasteiger partial charge in [0.25, 0.3) is 11.8 Å². The molecule has 0 aliphatic carbocycles. The molecule has 2 heterocycles. The molecule has 0 bridgehead atoms. The van der Waals surface area contributed by atoms with Gasteiger partial charge in [-0.3, -0.25) is 9.59 Å². The summed E-state index contributed by atoms with van der Waals surface area (Å²) in [6.45, 7) is 0. The highest BCUT2D eigenvalue weighted by Gasteiger charge is 2.18. The molecule has 3 aromatic rings. The molecule has 2 amide bonds. The number of hydrogen-bond donors (Lipinski definition) is 3. The highest BCUT2D eigenvalue weighted by Crippen LogP contribution is 2.26. The van der Waals surface area contributed by atoms with Crippen molar-refractivity contribution < 1.29 is 9.59 Å². The Morgan fingerprint density at radius 2 is 1.86 bits per heavy atom. The molecule has 2 aromatic heterocycles. The van der Waals surface area contributed by atoms with Gasteiger partial charge in [-0.2, -0.15) is 0 Å². The molecule has 4 N–H and O–H groups in total. The normalized spacial score (nSPS) is 10.5. The Balaban J connectivity index is 2.05. The van der Waals surface area contributed by atoms with Gasteiger partial charge in [0.2, 0.25) is 0 Å². The van der Waals surface area contributed by atoms with Crippen LogP contribution >= 0.6 is 0 Å². The van der Waals surface area contributed by atoms with Gasteiger partial charge in [-0.25, -0.2) is 4.98 Å². The number of aromatic amines is 1. The van der Waals surface area contributed by atoms with E-state index in [9.17, 15) is 9.59 Å². The monoisotopic (exact) mass is 280 g/mol. The largest absolute Gasteiger partial charge is 0.364 e. The predicted octanol–water partition coefficient (Wildman–Crippen LogP) is 1.91. The van der Waals surface area contributed by atoms with Gasteiger partial charge in [-0.1, -0.05) is 18.2 Å². The maximum atomic E-state index is 12.2. The molecule has 0 atom stereocenters. The molecule has 0 unspecified atom stereocenters. The number of nitrogens with zero attached hydrogens (tertiary/aromatic N) is 1. The van der Waals surface area contributed by atoms with Crippen LogP contribution in [-0.4, -0.2) is 21.8 Å². The molecule has 104 valence electrons. The number of H-pyrrole nitrogens is 1. The number of primary amides is 1. The zero-order valence-electron chi connectivity index (χ0n) is 11.0. The Labute approximate surface area is 120 Å². The number of pyridine rings is 1. The fourth-order valence-corrected chi connectivity index (χ4v) is 2.11. The lowest BCUT2D eigenvalue weighted by Crippen LogP contribution is -2.17. The summed E-state index contributed by atoms with van der Waals surface area (Å²) in [6.07, 6.45) is 1.59. The highest BCUT2D eigenvalue weighted by molar-refractivity contribution is 6.14. The SMILES string of the molecule is NC(=O)c1[nH]c2ncccc2c1NC(=O)c1ccccc1. The van der Waals surface area contributed by atoms with Crippen LogP contribution in [0.2, 0.25) is 0 Å². The summed E-state index contributed by atoms with van der Waals surface area (Å²) in [5.41, 5.74) is 6.81. The first-order valence-electron chi connectivity index (χ1n) is 6.29. The van der Waals surface area contributed by atoms with Crippen molar-refractivity contribution in [3.05, 3.63) is 59.9 Å². The highest BCUT2D eigenvalue weighted by atomic mass is 16.2. The Kier molecular flexibility index (Phi) is 3.12. The minimum atomic E-state index is -0.656. The number of rotatable bonds is 3. The molecule has 0 spiro atoms. The zero-order valence-corrected chi connectivity index (χ0v) is 11.0. The number of hydrogen-bond acceptors (Lipinski definition) is 3. The quantitative estimate of drug-likeness (QED) is 0.683. The number of nitrogens with two attached hydrogens (primary N) is 1. The number of aromatic nitrogens is 2. The maximum absolute atomic E-state index is 12.2. The molecule has 0 saturated heterocycles. The molecular weight excluding hydrogens is 268 g/mol. The summed E-state index contributed by atoms with van der Waals surface area (Å²) in [7, 11) is 0. The average Bonchev–Trinajstić information content (AvgIpc) is 2.87. The van der Waals surface area contributed by atoms with E-state index in [4.69, 9.17) is 5.73 Å². The summed E-state index contributed by atoms with van der Waals surface area (Å²) in [5, 5.41) is 3.35. The van der Waals surface area contributed by atoms with E-state index in [2.05, 4.69) is 15.3 Å². The van der Waals surface area contributed by atoms with Crippen LogP contribution in [0.15, 0.2) is 48.7 Å². The second-order valence-corrected chi connectivity index (χ2v) is 4.46. The van der Waals surface area contributed by atoms with Crippen LogP contribution < -0.4 is 11.1 Å². The molecule has 0 radical (unpaired) electrons. The lowest BCUT2D eigenvalue weighted by molar-refractivity contribution is 0.0997. The van der Waals surface area contributed by atoms with Gasteiger partial charge < -0.3 is 16.0 Å². The molecule has 3 rings (SSSR count). The first-order chi connectivity index (χ1) is 10.2. The van der Waals surface area contributed by atoms with Gasteiger partial charge in [0, 0.05) is 17.1 Å². The third kappa shape index (κ3) is 2.34. The summed E-state index contributed by atoms with van der Waals surface area (Å²) >= 11 is 0. The number of benzene rings is 1. The van der Waals surface area contributed by atoms with Crippen LogP contribution in [0, 0.1) is 0 Å². The summed E-state index contributed by atoms with van der Waals surface area (Å²) < 4.78 is 0. The molecule has 0 aliphatic heterocycles. The van der Waals surface area contributed by atoms with Crippen molar-refractivity contribution in [3.63, 3.8) is 0 Å². The van der Waals surface area contributed by atoms with Crippen molar-refractivity contribution in [2.75, 3.05) is 5.32 Å². The fourth-order valence-electron chi connectivity index (χ4n) is 2.11. The standard InChI is InChI=1S/C15H12N4O2/c16-13(20)12-11(10-7-4-8-17-14(10)18-12)19-15(21)9-5-2-1-3-6-9/h1-8H,(H2,16,20)(H,17,18)(H,19,21). The molecular formula is C15H12N4O2. The van der Waals surface area contributed by atoms with Gasteiger partial charge in [0.1, 0.15) is 11.3 Å². The van der Waals surface area contributed by atoms with E-state index in [0.29, 0.717) is 22.3 Å². The molecule has 1 aromatic carbocycles. The van der Waals surface area contributed by atoms with E-state index in [-0.39, 0.29) is 11.6 Å². The number of anilines is 1. The molecule has 0 saturated carbocycles. The van der Waals surface area contributed by atoms with E-state index in [1.165, 1.54) is 0 Å². The lowest BCUT2D eigenvalue weighted by Gasteiger charge is -2.05. The van der Waals surface area contributed by atoms with Crippen LogP contribution in [0.25, 0.3) is 11.0 Å². The first kappa shape index (κ1) is 12.9. The third-order valence-corrected chi connectivity index (χ3v) is 3.09. The Bertz CT molecular complexity index is 824. The number of fused-ring (bicyclic) bond motifs is 1. The number of nitrogens with one attached hydrogen (secondary N) is 2. The van der Waals surface area contributed by atoms with E-state index < -0.39 is 5.91 Å². The van der Waals surface area contributed by atoms with E-state index in [0.717, 1.165) is 0 Å². The van der Waals surface area contributed by atoms with Gasteiger partial charge in [-0.05, 0) is 24.3 Å². The van der Waals surface area contributed by atoms with Crippen molar-refractivity contribution in [3.8, 4) is 0 Å². The van der Waals surface area contributed by atoms with Crippen LogP contribution in [-0.2, 0) is 0 Å². The minimum absolute atomic E-state index is 0.132. The van der Waals surface area contributed by atoms with E-state index >= 15 is 0 Å². The molecule has 6 heteroatoms. The van der Waals surface area contributed by atoms with Gasteiger partial charge >= 0.3 is 0 Å². The molecule has 6 nitrogen and oxygen atoms in total. The first-order valence-corrected chi connectivity index (χ1v) is 6.29. The second-order valence-electron chi connectivity index (χ2n) is 4.46. The van der Waals surface area contributed by atoms with Crippen LogP contribution in [0.1, 0.15) is 20.8 Å². The van der Waals surface area contributed by atoms with Crippen LogP contribution in [0.3, 0.4) is 0 Å². The molecule has 0 aliphatic rings. The van der Waals surface area contributed by atoms with Gasteiger partial charge in [0.15, 0.2) is 0 Å². The molecule has 0 fully saturated rings. The smallest absolute Gasteiger partial charge is 0.267 e. The van der Waals surface area contributed by atoms with Crippen molar-refractivity contribution in [2.45, 2.75) is 0 Å². The van der Waals surface area contributed by atoms with Crippen LogP contribution in [0.5, 0.6) is 0 Å². The van der Waals surface area contributed by atoms with Crippen molar-refractivity contribution in [1.29, 1.82) is 0 Å². The Morgan fingerprint density at radius 1 is 1.10 bits per heavy atom. The average molecular weight is 280 g/mol. The Morgan fingerprint density at radius 3 is 2.57 bits per heavy atom. The zero-order chi connectivity index (χ0) is 14.8. The predicted molar refractivity (Wildman–Crippen MR) is 79.0 cm³/mol. The van der Waals surface area contributed by atoms with Crippen molar-refractivity contribution >= 4 is 28.5 Å². The van der Waals surface area contributed by atoms with E-state index in [1.54, 1.807) is 42.6 Å². The molecule has 21 heavy (non-hydrogen) atoms. The van der Waals surface area contributed by atoms with E-state index in [1.807, 2.05) is 6.07 Å². The second kappa shape index (κ2) is 5.09. The number of carbonyl (C=O) groups is 2. The van der Waals surface area contributed by atoms with Crippen molar-refractivity contribution in [2.24, 2.45) is 5.73 Å². The van der Waals surface area contributed by atoms with Gasteiger partial charge in [0.05, 0.1) is 5.69 Å². The Hall–Kier alpha value is -3.15. The summed E-state index contributed by atoms with van der Waals surface area (Å²) in [6, 6.07) is 12.2. The lowest BCUT2D eigenvalue weighted by atomic mass is 10.2. The maximum Gasteiger partial charge on any atom is 0.267 e.